The van der Waals surface area contributed by atoms with Crippen molar-refractivity contribution < 1.29 is 4.42 Å². The summed E-state index contributed by atoms with van der Waals surface area (Å²) in [5, 5.41) is 10.8. The van der Waals surface area contributed by atoms with Crippen molar-refractivity contribution in [1.82, 2.24) is 20.0 Å². The lowest BCUT2D eigenvalue weighted by Gasteiger charge is -1.99. The smallest absolute Gasteiger partial charge is 0.284 e. The lowest BCUT2D eigenvalue weighted by Crippen LogP contribution is -2.04. The third kappa shape index (κ3) is 2.03. The van der Waals surface area contributed by atoms with E-state index < -0.39 is 0 Å². The fourth-order valence-corrected chi connectivity index (χ4v) is 1.71. The second kappa shape index (κ2) is 3.90. The lowest BCUT2D eigenvalue weighted by atomic mass is 10.4. The number of hydrogen-bond acceptors (Lipinski definition) is 4. The quantitative estimate of drug-likeness (QED) is 0.862. The number of rotatable bonds is 2. The molecule has 0 spiro atoms. The molecule has 0 aliphatic heterocycles. The monoisotopic (exact) mass is 288 g/mol. The summed E-state index contributed by atoms with van der Waals surface area (Å²) in [6, 6.07) is 0. The first kappa shape index (κ1) is 10.6. The maximum atomic E-state index is 5.16. The molecule has 0 atom stereocenters. The molecule has 0 aliphatic rings. The maximum Gasteiger partial charge on any atom is 0.284 e. The van der Waals surface area contributed by atoms with E-state index in [0.29, 0.717) is 12.4 Å². The summed E-state index contributed by atoms with van der Waals surface area (Å²) < 4.78 is 7.99. The van der Waals surface area contributed by atoms with E-state index in [0.717, 1.165) is 15.9 Å². The van der Waals surface area contributed by atoms with E-state index in [1.165, 1.54) is 0 Å². The molecule has 2 aromatic heterocycles. The topological polar surface area (TPSA) is 59.6 Å². The molecule has 0 unspecified atom stereocenters. The third-order valence-electron chi connectivity index (χ3n) is 2.06. The molecule has 80 valence electrons. The molecule has 0 radical (unpaired) electrons. The first-order valence-electron chi connectivity index (χ1n) is 4.32. The number of halogens is 1. The first-order chi connectivity index (χ1) is 7.08. The molecular formula is C8H9BrN4OS. The van der Waals surface area contributed by atoms with E-state index in [-0.39, 0.29) is 4.84 Å². The van der Waals surface area contributed by atoms with Gasteiger partial charge in [-0.25, -0.2) is 5.10 Å². The molecule has 7 heteroatoms. The van der Waals surface area contributed by atoms with Crippen molar-refractivity contribution in [2.45, 2.75) is 20.4 Å². The zero-order valence-corrected chi connectivity index (χ0v) is 10.6. The van der Waals surface area contributed by atoms with Crippen molar-refractivity contribution >= 4 is 28.1 Å². The van der Waals surface area contributed by atoms with E-state index in [4.69, 9.17) is 16.6 Å². The highest BCUT2D eigenvalue weighted by Crippen LogP contribution is 2.20. The van der Waals surface area contributed by atoms with Crippen LogP contribution in [0.4, 0.5) is 0 Å². The number of aromatic nitrogens is 4. The molecule has 2 heterocycles. The fraction of sp³-hybridized carbons (Fsp3) is 0.375. The summed E-state index contributed by atoms with van der Waals surface area (Å²) in [5.74, 6) is 0.526. The summed E-state index contributed by atoms with van der Waals surface area (Å²) in [5.41, 5.74) is 1.98. The first-order valence-corrected chi connectivity index (χ1v) is 5.52. The van der Waals surface area contributed by atoms with Crippen LogP contribution >= 0.6 is 28.1 Å². The Balaban J connectivity index is 2.32. The molecule has 0 amide bonds. The highest BCUT2D eigenvalue weighted by molar-refractivity contribution is 9.10. The van der Waals surface area contributed by atoms with Gasteiger partial charge in [0.2, 0.25) is 5.89 Å². The van der Waals surface area contributed by atoms with Crippen LogP contribution in [0.5, 0.6) is 0 Å². The van der Waals surface area contributed by atoms with Gasteiger partial charge in [0.25, 0.3) is 4.84 Å². The highest BCUT2D eigenvalue weighted by Gasteiger charge is 2.10. The van der Waals surface area contributed by atoms with Crippen LogP contribution in [0.15, 0.2) is 8.89 Å². The predicted octanol–water partition coefficient (Wildman–Crippen LogP) is 2.36. The van der Waals surface area contributed by atoms with Crippen molar-refractivity contribution in [3.8, 4) is 0 Å². The minimum absolute atomic E-state index is 0.283. The standard InChI is InChI=1S/C8H9BrN4OS/c1-4-7(9)5(2)13(12-4)3-6-10-11-8(15)14-6/h3H2,1-2H3,(H,11,15). The van der Waals surface area contributed by atoms with Gasteiger partial charge in [0, 0.05) is 0 Å². The number of nitrogens with one attached hydrogen (secondary N) is 1. The van der Waals surface area contributed by atoms with Gasteiger partial charge in [0.1, 0.15) is 6.54 Å². The lowest BCUT2D eigenvalue weighted by molar-refractivity contribution is 0.451. The Labute approximate surface area is 99.6 Å². The Bertz CT molecular complexity index is 541. The Kier molecular flexibility index (Phi) is 2.74. The summed E-state index contributed by atoms with van der Waals surface area (Å²) in [6.07, 6.45) is 0. The molecule has 0 aromatic carbocycles. The van der Waals surface area contributed by atoms with Crippen molar-refractivity contribution in [2.75, 3.05) is 0 Å². The molecular weight excluding hydrogens is 280 g/mol. The average Bonchev–Trinajstić information content (AvgIpc) is 2.68. The van der Waals surface area contributed by atoms with Crippen molar-refractivity contribution in [1.29, 1.82) is 0 Å². The SMILES string of the molecule is Cc1nn(Cc2n[nH]c(=S)o2)c(C)c1Br. The summed E-state index contributed by atoms with van der Waals surface area (Å²) in [4.78, 5) is 0.283. The second-order valence-corrected chi connectivity index (χ2v) is 4.31. The van der Waals surface area contributed by atoms with Gasteiger partial charge in [-0.2, -0.15) is 5.10 Å². The molecule has 2 aromatic rings. The van der Waals surface area contributed by atoms with Crippen LogP contribution in [0.1, 0.15) is 17.3 Å². The Morgan fingerprint density at radius 3 is 2.73 bits per heavy atom. The van der Waals surface area contributed by atoms with Crippen LogP contribution in [0.3, 0.4) is 0 Å². The molecule has 0 bridgehead atoms. The van der Waals surface area contributed by atoms with E-state index in [1.807, 2.05) is 18.5 Å². The molecule has 0 aliphatic carbocycles. The van der Waals surface area contributed by atoms with Crippen LogP contribution in [0, 0.1) is 18.7 Å². The van der Waals surface area contributed by atoms with Crippen molar-refractivity contribution in [3.05, 3.63) is 26.6 Å². The number of hydrogen-bond donors (Lipinski definition) is 1. The Hall–Kier alpha value is -0.950. The van der Waals surface area contributed by atoms with E-state index in [1.54, 1.807) is 0 Å². The van der Waals surface area contributed by atoms with Gasteiger partial charge in [-0.15, -0.1) is 5.10 Å². The predicted molar refractivity (Wildman–Crippen MR) is 60.2 cm³/mol. The minimum atomic E-state index is 0.283. The largest absolute Gasteiger partial charge is 0.412 e. The third-order valence-corrected chi connectivity index (χ3v) is 3.38. The van der Waals surface area contributed by atoms with Crippen LogP contribution in [0.2, 0.25) is 0 Å². The molecule has 0 fully saturated rings. The Morgan fingerprint density at radius 2 is 2.27 bits per heavy atom. The molecule has 5 nitrogen and oxygen atoms in total. The van der Waals surface area contributed by atoms with Crippen LogP contribution in [-0.4, -0.2) is 20.0 Å². The number of aromatic amines is 1. The van der Waals surface area contributed by atoms with Gasteiger partial charge in [0.05, 0.1) is 15.9 Å². The zero-order chi connectivity index (χ0) is 11.0. The van der Waals surface area contributed by atoms with Crippen LogP contribution in [-0.2, 0) is 6.54 Å². The summed E-state index contributed by atoms with van der Waals surface area (Å²) >= 11 is 8.25. The zero-order valence-electron chi connectivity index (χ0n) is 8.24. The Morgan fingerprint density at radius 1 is 1.53 bits per heavy atom. The number of H-pyrrole nitrogens is 1. The number of aryl methyl sites for hydroxylation is 1. The van der Waals surface area contributed by atoms with Gasteiger partial charge >= 0.3 is 0 Å². The summed E-state index contributed by atoms with van der Waals surface area (Å²) in [7, 11) is 0. The highest BCUT2D eigenvalue weighted by atomic mass is 79.9. The molecule has 0 saturated heterocycles. The van der Waals surface area contributed by atoms with Crippen LogP contribution < -0.4 is 0 Å². The fourth-order valence-electron chi connectivity index (χ4n) is 1.29. The normalized spacial score (nSPS) is 10.9. The second-order valence-electron chi connectivity index (χ2n) is 3.15. The van der Waals surface area contributed by atoms with Gasteiger partial charge < -0.3 is 4.42 Å². The number of nitrogens with zero attached hydrogens (tertiary/aromatic N) is 3. The van der Waals surface area contributed by atoms with Gasteiger partial charge in [-0.1, -0.05) is 0 Å². The van der Waals surface area contributed by atoms with Gasteiger partial charge in [0.15, 0.2) is 0 Å². The van der Waals surface area contributed by atoms with Crippen molar-refractivity contribution in [3.63, 3.8) is 0 Å². The van der Waals surface area contributed by atoms with Gasteiger partial charge in [-0.3, -0.25) is 4.68 Å². The van der Waals surface area contributed by atoms with Gasteiger partial charge in [-0.05, 0) is 42.0 Å². The van der Waals surface area contributed by atoms with Crippen LogP contribution in [0.25, 0.3) is 0 Å². The molecule has 15 heavy (non-hydrogen) atoms. The average molecular weight is 289 g/mol. The minimum Gasteiger partial charge on any atom is -0.412 e. The maximum absolute atomic E-state index is 5.16. The van der Waals surface area contributed by atoms with Crippen molar-refractivity contribution in [2.24, 2.45) is 0 Å². The molecule has 2 rings (SSSR count). The van der Waals surface area contributed by atoms with E-state index in [2.05, 4.69) is 31.2 Å². The van der Waals surface area contributed by atoms with E-state index in [9.17, 15) is 0 Å². The molecule has 0 saturated carbocycles. The molecule has 1 N–H and O–H groups in total. The summed E-state index contributed by atoms with van der Waals surface area (Å²) in [6.45, 7) is 4.39. The van der Waals surface area contributed by atoms with E-state index >= 15 is 0 Å².